The second kappa shape index (κ2) is 8.06. The molecule has 0 radical (unpaired) electrons. The van der Waals surface area contributed by atoms with E-state index in [1.807, 2.05) is 41.2 Å². The van der Waals surface area contributed by atoms with Gasteiger partial charge in [-0.2, -0.15) is 5.10 Å². The van der Waals surface area contributed by atoms with Crippen molar-refractivity contribution in [1.82, 2.24) is 9.78 Å². The van der Waals surface area contributed by atoms with E-state index in [1.54, 1.807) is 18.2 Å². The van der Waals surface area contributed by atoms with Gasteiger partial charge in [0.25, 0.3) is 0 Å². The molecule has 1 aromatic heterocycles. The molecule has 0 bridgehead atoms. The second-order valence-corrected chi connectivity index (χ2v) is 6.89. The highest BCUT2D eigenvalue weighted by atomic mass is 35.5. The second-order valence-electron chi connectivity index (χ2n) is 5.23. The van der Waals surface area contributed by atoms with Crippen LogP contribution in [-0.4, -0.2) is 14.9 Å². The van der Waals surface area contributed by atoms with Gasteiger partial charge in [0.05, 0.1) is 16.6 Å². The summed E-state index contributed by atoms with van der Waals surface area (Å²) in [6.45, 7) is 0.645. The molecule has 8 heteroatoms. The summed E-state index contributed by atoms with van der Waals surface area (Å²) in [5.41, 5.74) is 1.85. The molecule has 0 aliphatic carbocycles. The molecule has 2 aromatic carbocycles. The lowest BCUT2D eigenvalue weighted by Gasteiger charge is -2.09. The Labute approximate surface area is 165 Å². The van der Waals surface area contributed by atoms with E-state index < -0.39 is 0 Å². The fourth-order valence-corrected chi connectivity index (χ4v) is 2.79. The molecular formula is C17H13Cl3N4S. The highest BCUT2D eigenvalue weighted by Crippen LogP contribution is 2.25. The minimum Gasteiger partial charge on any atom is -0.332 e. The molecule has 0 unspecified atom stereocenters. The van der Waals surface area contributed by atoms with Gasteiger partial charge in [-0.25, -0.2) is 0 Å². The molecule has 0 aliphatic heterocycles. The third-order valence-corrected chi connectivity index (χ3v) is 4.51. The van der Waals surface area contributed by atoms with Gasteiger partial charge < -0.3 is 10.6 Å². The summed E-state index contributed by atoms with van der Waals surface area (Å²) in [4.78, 5) is 0. The third kappa shape index (κ3) is 5.09. The van der Waals surface area contributed by atoms with E-state index in [2.05, 4.69) is 15.7 Å². The molecule has 0 aliphatic rings. The molecule has 2 N–H and O–H groups in total. The number of halogens is 3. The van der Waals surface area contributed by atoms with Gasteiger partial charge in [-0.05, 0) is 48.1 Å². The van der Waals surface area contributed by atoms with Gasteiger partial charge in [0.15, 0.2) is 10.9 Å². The minimum atomic E-state index is 0.412. The quantitative estimate of drug-likeness (QED) is 0.540. The van der Waals surface area contributed by atoms with Crippen molar-refractivity contribution in [3.63, 3.8) is 0 Å². The zero-order chi connectivity index (χ0) is 17.8. The topological polar surface area (TPSA) is 41.9 Å². The molecule has 3 aromatic rings. The van der Waals surface area contributed by atoms with Crippen LogP contribution < -0.4 is 10.6 Å². The molecule has 25 heavy (non-hydrogen) atoms. The predicted molar refractivity (Wildman–Crippen MR) is 109 cm³/mol. The van der Waals surface area contributed by atoms with E-state index in [9.17, 15) is 0 Å². The van der Waals surface area contributed by atoms with Crippen LogP contribution in [0.4, 0.5) is 11.5 Å². The molecule has 1 heterocycles. The zero-order valence-corrected chi connectivity index (χ0v) is 15.9. The lowest BCUT2D eigenvalue weighted by atomic mass is 10.2. The smallest absolute Gasteiger partial charge is 0.176 e. The van der Waals surface area contributed by atoms with Crippen molar-refractivity contribution in [3.8, 4) is 0 Å². The van der Waals surface area contributed by atoms with Crippen LogP contribution >= 0.6 is 47.0 Å². The number of nitrogens with zero attached hydrogens (tertiary/aromatic N) is 2. The van der Waals surface area contributed by atoms with Crippen LogP contribution in [0.3, 0.4) is 0 Å². The molecule has 0 fully saturated rings. The van der Waals surface area contributed by atoms with Crippen LogP contribution in [0.15, 0.2) is 54.7 Å². The Morgan fingerprint density at radius 3 is 2.44 bits per heavy atom. The van der Waals surface area contributed by atoms with Gasteiger partial charge in [-0.3, -0.25) is 4.68 Å². The van der Waals surface area contributed by atoms with Crippen molar-refractivity contribution < 1.29 is 0 Å². The standard InChI is InChI=1S/C17H13Cl3N4S/c18-12-3-1-11(2-4-12)10-24-8-7-16(23-24)22-17(25)21-13-5-6-14(19)15(20)9-13/h1-9H,10H2,(H2,21,22,23,25). The molecule has 0 atom stereocenters. The third-order valence-electron chi connectivity index (χ3n) is 3.32. The Morgan fingerprint density at radius 1 is 0.960 bits per heavy atom. The highest BCUT2D eigenvalue weighted by molar-refractivity contribution is 7.80. The first-order chi connectivity index (χ1) is 12.0. The summed E-state index contributed by atoms with van der Waals surface area (Å²) >= 11 is 23.1. The Hall–Kier alpha value is -1.79. The number of nitrogens with one attached hydrogen (secondary N) is 2. The van der Waals surface area contributed by atoms with Crippen LogP contribution in [0.25, 0.3) is 0 Å². The Balaban J connectivity index is 1.59. The summed E-state index contributed by atoms with van der Waals surface area (Å²) in [5, 5.41) is 12.6. The summed E-state index contributed by atoms with van der Waals surface area (Å²) in [6.07, 6.45) is 1.87. The fourth-order valence-electron chi connectivity index (χ4n) is 2.15. The van der Waals surface area contributed by atoms with E-state index in [1.165, 1.54) is 0 Å². The maximum atomic E-state index is 5.99. The van der Waals surface area contributed by atoms with Gasteiger partial charge in [0, 0.05) is 23.0 Å². The fraction of sp³-hybridized carbons (Fsp3) is 0.0588. The number of anilines is 2. The normalized spacial score (nSPS) is 10.5. The molecular weight excluding hydrogens is 399 g/mol. The van der Waals surface area contributed by atoms with Gasteiger partial charge >= 0.3 is 0 Å². The molecule has 3 rings (SSSR count). The number of aromatic nitrogens is 2. The number of benzene rings is 2. The molecule has 0 spiro atoms. The molecule has 0 amide bonds. The van der Waals surface area contributed by atoms with Crippen LogP contribution in [0.2, 0.25) is 15.1 Å². The van der Waals surface area contributed by atoms with E-state index in [4.69, 9.17) is 47.0 Å². The first-order valence-corrected chi connectivity index (χ1v) is 8.85. The Kier molecular flexibility index (Phi) is 5.81. The maximum absolute atomic E-state index is 5.99. The van der Waals surface area contributed by atoms with Gasteiger partial charge in [0.2, 0.25) is 0 Å². The number of thiocarbonyl (C=S) groups is 1. The largest absolute Gasteiger partial charge is 0.332 e. The van der Waals surface area contributed by atoms with Crippen molar-refractivity contribution in [2.75, 3.05) is 10.6 Å². The molecule has 0 saturated heterocycles. The Morgan fingerprint density at radius 2 is 1.72 bits per heavy atom. The van der Waals surface area contributed by atoms with Crippen molar-refractivity contribution in [1.29, 1.82) is 0 Å². The lowest BCUT2D eigenvalue weighted by Crippen LogP contribution is -2.19. The molecule has 4 nitrogen and oxygen atoms in total. The number of rotatable bonds is 4. The van der Waals surface area contributed by atoms with Gasteiger partial charge in [0.1, 0.15) is 0 Å². The van der Waals surface area contributed by atoms with Crippen molar-refractivity contribution in [2.24, 2.45) is 0 Å². The molecule has 0 saturated carbocycles. The monoisotopic (exact) mass is 410 g/mol. The summed E-state index contributed by atoms with van der Waals surface area (Å²) in [6, 6.07) is 14.7. The average molecular weight is 412 g/mol. The number of hydrogen-bond acceptors (Lipinski definition) is 2. The van der Waals surface area contributed by atoms with Crippen molar-refractivity contribution in [3.05, 3.63) is 75.4 Å². The zero-order valence-electron chi connectivity index (χ0n) is 12.8. The summed E-state index contributed by atoms with van der Waals surface area (Å²) < 4.78 is 1.81. The Bertz CT molecular complexity index is 893. The highest BCUT2D eigenvalue weighted by Gasteiger charge is 2.05. The summed E-state index contributed by atoms with van der Waals surface area (Å²) in [5.74, 6) is 0.645. The van der Waals surface area contributed by atoms with Gasteiger partial charge in [-0.1, -0.05) is 46.9 Å². The van der Waals surface area contributed by atoms with Gasteiger partial charge in [-0.15, -0.1) is 0 Å². The predicted octanol–water partition coefficient (Wildman–Crippen LogP) is 5.70. The first kappa shape index (κ1) is 18.0. The van der Waals surface area contributed by atoms with Crippen LogP contribution in [0, 0.1) is 0 Å². The van der Waals surface area contributed by atoms with E-state index >= 15 is 0 Å². The van der Waals surface area contributed by atoms with Crippen LogP contribution in [-0.2, 0) is 6.54 Å². The van der Waals surface area contributed by atoms with Crippen LogP contribution in [0.1, 0.15) is 5.56 Å². The lowest BCUT2D eigenvalue weighted by molar-refractivity contribution is 0.690. The van der Waals surface area contributed by atoms with E-state index in [0.717, 1.165) is 11.3 Å². The van der Waals surface area contributed by atoms with Crippen molar-refractivity contribution >= 4 is 63.6 Å². The maximum Gasteiger partial charge on any atom is 0.176 e. The average Bonchev–Trinajstić information content (AvgIpc) is 3.00. The van der Waals surface area contributed by atoms with E-state index in [0.29, 0.717) is 32.5 Å². The minimum absolute atomic E-state index is 0.412. The SMILES string of the molecule is S=C(Nc1ccc(Cl)c(Cl)c1)Nc1ccn(Cc2ccc(Cl)cc2)n1. The number of hydrogen-bond donors (Lipinski definition) is 2. The summed E-state index contributed by atoms with van der Waals surface area (Å²) in [7, 11) is 0. The van der Waals surface area contributed by atoms with E-state index in [-0.39, 0.29) is 0 Å². The van der Waals surface area contributed by atoms with Crippen molar-refractivity contribution in [2.45, 2.75) is 6.54 Å². The molecule has 128 valence electrons. The first-order valence-electron chi connectivity index (χ1n) is 7.30. The van der Waals surface area contributed by atoms with Crippen LogP contribution in [0.5, 0.6) is 0 Å².